The molecule has 0 N–H and O–H groups in total. The third-order valence-corrected chi connectivity index (χ3v) is 3.28. The SMILES string of the molecule is CCCCOC(=O)C(C)Sc1nccn1C. The van der Waals surface area contributed by atoms with E-state index in [0.717, 1.165) is 18.0 Å². The van der Waals surface area contributed by atoms with E-state index in [9.17, 15) is 4.79 Å². The molecule has 0 aliphatic carbocycles. The van der Waals surface area contributed by atoms with Crippen molar-refractivity contribution in [3.8, 4) is 0 Å². The number of carbonyl (C=O) groups excluding carboxylic acids is 1. The fourth-order valence-corrected chi connectivity index (χ4v) is 1.94. The minimum atomic E-state index is -0.210. The number of ether oxygens (including phenoxy) is 1. The van der Waals surface area contributed by atoms with Gasteiger partial charge in [-0.3, -0.25) is 4.79 Å². The molecule has 5 heteroatoms. The fourth-order valence-electron chi connectivity index (χ4n) is 1.11. The van der Waals surface area contributed by atoms with Gasteiger partial charge in [0.05, 0.1) is 6.61 Å². The number of hydrogen-bond donors (Lipinski definition) is 0. The zero-order chi connectivity index (χ0) is 12.0. The van der Waals surface area contributed by atoms with Gasteiger partial charge in [-0.1, -0.05) is 25.1 Å². The normalized spacial score (nSPS) is 12.4. The molecule has 1 aromatic heterocycles. The summed E-state index contributed by atoms with van der Waals surface area (Å²) >= 11 is 1.42. The molecule has 0 saturated heterocycles. The number of unbranched alkanes of at least 4 members (excludes halogenated alkanes) is 1. The van der Waals surface area contributed by atoms with Gasteiger partial charge in [0.2, 0.25) is 0 Å². The van der Waals surface area contributed by atoms with E-state index in [1.165, 1.54) is 11.8 Å². The first-order valence-electron chi connectivity index (χ1n) is 5.45. The molecule has 16 heavy (non-hydrogen) atoms. The number of imidazole rings is 1. The van der Waals surface area contributed by atoms with E-state index in [-0.39, 0.29) is 11.2 Å². The zero-order valence-corrected chi connectivity index (χ0v) is 10.8. The Labute approximate surface area is 100 Å². The van der Waals surface area contributed by atoms with Gasteiger partial charge >= 0.3 is 5.97 Å². The Hall–Kier alpha value is -0.970. The van der Waals surface area contributed by atoms with Crippen LogP contribution >= 0.6 is 11.8 Å². The molecule has 0 aromatic carbocycles. The number of carbonyl (C=O) groups is 1. The summed E-state index contributed by atoms with van der Waals surface area (Å²) in [6.45, 7) is 4.42. The van der Waals surface area contributed by atoms with Crippen LogP contribution in [-0.4, -0.2) is 27.4 Å². The molecule has 0 bridgehead atoms. The van der Waals surface area contributed by atoms with Gasteiger partial charge in [-0.15, -0.1) is 0 Å². The van der Waals surface area contributed by atoms with Crippen molar-refractivity contribution in [3.05, 3.63) is 12.4 Å². The molecule has 0 fully saturated rings. The topological polar surface area (TPSA) is 44.1 Å². The highest BCUT2D eigenvalue weighted by atomic mass is 32.2. The first-order valence-corrected chi connectivity index (χ1v) is 6.33. The minimum Gasteiger partial charge on any atom is -0.465 e. The summed E-state index contributed by atoms with van der Waals surface area (Å²) in [4.78, 5) is 15.7. The number of aromatic nitrogens is 2. The van der Waals surface area contributed by atoms with Crippen LogP contribution in [0.4, 0.5) is 0 Å². The van der Waals surface area contributed by atoms with Gasteiger partial charge in [0.1, 0.15) is 5.25 Å². The number of esters is 1. The van der Waals surface area contributed by atoms with E-state index in [0.29, 0.717) is 6.61 Å². The Morgan fingerprint density at radius 1 is 1.69 bits per heavy atom. The number of rotatable bonds is 6. The summed E-state index contributed by atoms with van der Waals surface area (Å²) in [7, 11) is 1.91. The molecule has 1 aromatic rings. The van der Waals surface area contributed by atoms with Crippen molar-refractivity contribution < 1.29 is 9.53 Å². The Bertz CT molecular complexity index is 338. The Balaban J connectivity index is 2.37. The molecule has 0 aliphatic rings. The van der Waals surface area contributed by atoms with Gasteiger partial charge in [-0.25, -0.2) is 4.98 Å². The first kappa shape index (κ1) is 13.1. The van der Waals surface area contributed by atoms with Crippen molar-refractivity contribution in [3.63, 3.8) is 0 Å². The van der Waals surface area contributed by atoms with Gasteiger partial charge in [-0.2, -0.15) is 0 Å². The Kier molecular flexibility index (Phi) is 5.38. The van der Waals surface area contributed by atoms with Crippen molar-refractivity contribution >= 4 is 17.7 Å². The summed E-state index contributed by atoms with van der Waals surface area (Å²) in [5, 5.41) is 0.623. The summed E-state index contributed by atoms with van der Waals surface area (Å²) in [5.41, 5.74) is 0. The third kappa shape index (κ3) is 3.89. The van der Waals surface area contributed by atoms with Crippen molar-refractivity contribution in [2.75, 3.05) is 6.61 Å². The number of thioether (sulfide) groups is 1. The standard InChI is InChI=1S/C11H18N2O2S/c1-4-5-8-15-10(14)9(2)16-11-12-6-7-13(11)3/h6-7,9H,4-5,8H2,1-3H3. The van der Waals surface area contributed by atoms with Crippen molar-refractivity contribution in [1.82, 2.24) is 9.55 Å². The molecule has 0 radical (unpaired) electrons. The average molecular weight is 242 g/mol. The summed E-state index contributed by atoms with van der Waals surface area (Å²) in [6, 6.07) is 0. The lowest BCUT2D eigenvalue weighted by Crippen LogP contribution is -2.18. The van der Waals surface area contributed by atoms with Crippen molar-refractivity contribution in [1.29, 1.82) is 0 Å². The molecule has 1 atom stereocenters. The predicted molar refractivity (Wildman–Crippen MR) is 64.4 cm³/mol. The zero-order valence-electron chi connectivity index (χ0n) is 9.97. The van der Waals surface area contributed by atoms with Crippen LogP contribution < -0.4 is 0 Å². The van der Waals surface area contributed by atoms with Gasteiger partial charge in [0.25, 0.3) is 0 Å². The van der Waals surface area contributed by atoms with Crippen LogP contribution in [0.1, 0.15) is 26.7 Å². The van der Waals surface area contributed by atoms with E-state index >= 15 is 0 Å². The van der Waals surface area contributed by atoms with Crippen LogP contribution in [0.5, 0.6) is 0 Å². The number of nitrogens with zero attached hydrogens (tertiary/aromatic N) is 2. The highest BCUT2D eigenvalue weighted by Crippen LogP contribution is 2.21. The monoisotopic (exact) mass is 242 g/mol. The summed E-state index contributed by atoms with van der Waals surface area (Å²) in [6.07, 6.45) is 5.54. The molecular formula is C11H18N2O2S. The maximum atomic E-state index is 11.6. The number of aryl methyl sites for hydroxylation is 1. The lowest BCUT2D eigenvalue weighted by Gasteiger charge is -2.10. The lowest BCUT2D eigenvalue weighted by atomic mass is 10.4. The highest BCUT2D eigenvalue weighted by molar-refractivity contribution is 8.00. The fraction of sp³-hybridized carbons (Fsp3) is 0.636. The van der Waals surface area contributed by atoms with Crippen LogP contribution in [0.15, 0.2) is 17.6 Å². The Morgan fingerprint density at radius 3 is 3.00 bits per heavy atom. The average Bonchev–Trinajstić information content (AvgIpc) is 2.64. The maximum Gasteiger partial charge on any atom is 0.319 e. The van der Waals surface area contributed by atoms with Crippen LogP contribution in [-0.2, 0) is 16.6 Å². The molecule has 1 rings (SSSR count). The van der Waals surface area contributed by atoms with E-state index < -0.39 is 0 Å². The van der Waals surface area contributed by atoms with Crippen LogP contribution in [0.3, 0.4) is 0 Å². The smallest absolute Gasteiger partial charge is 0.319 e. The quantitative estimate of drug-likeness (QED) is 0.436. The van der Waals surface area contributed by atoms with Crippen molar-refractivity contribution in [2.45, 2.75) is 37.1 Å². The summed E-state index contributed by atoms with van der Waals surface area (Å²) < 4.78 is 7.03. The second-order valence-electron chi connectivity index (χ2n) is 3.60. The molecule has 0 amide bonds. The van der Waals surface area contributed by atoms with E-state index in [1.807, 2.05) is 24.7 Å². The molecule has 90 valence electrons. The van der Waals surface area contributed by atoms with E-state index in [1.54, 1.807) is 6.20 Å². The van der Waals surface area contributed by atoms with Gasteiger partial charge in [-0.05, 0) is 13.3 Å². The lowest BCUT2D eigenvalue weighted by molar-refractivity contribution is -0.142. The predicted octanol–water partition coefficient (Wildman–Crippen LogP) is 2.24. The third-order valence-electron chi connectivity index (χ3n) is 2.13. The van der Waals surface area contributed by atoms with E-state index in [2.05, 4.69) is 11.9 Å². The highest BCUT2D eigenvalue weighted by Gasteiger charge is 2.17. The largest absolute Gasteiger partial charge is 0.465 e. The second-order valence-corrected chi connectivity index (χ2v) is 4.91. The molecule has 0 spiro atoms. The molecule has 0 aliphatic heterocycles. The molecule has 4 nitrogen and oxygen atoms in total. The maximum absolute atomic E-state index is 11.6. The minimum absolute atomic E-state index is 0.165. The molecular weight excluding hydrogens is 224 g/mol. The summed E-state index contributed by atoms with van der Waals surface area (Å²) in [5.74, 6) is -0.165. The molecule has 0 saturated carbocycles. The van der Waals surface area contributed by atoms with Gasteiger partial charge < -0.3 is 9.30 Å². The van der Waals surface area contributed by atoms with Crippen LogP contribution in [0, 0.1) is 0 Å². The van der Waals surface area contributed by atoms with Gasteiger partial charge in [0, 0.05) is 19.4 Å². The van der Waals surface area contributed by atoms with E-state index in [4.69, 9.17) is 4.74 Å². The molecule has 1 heterocycles. The Morgan fingerprint density at radius 2 is 2.44 bits per heavy atom. The van der Waals surface area contributed by atoms with Crippen LogP contribution in [0.25, 0.3) is 0 Å². The second kappa shape index (κ2) is 6.58. The number of hydrogen-bond acceptors (Lipinski definition) is 4. The van der Waals surface area contributed by atoms with Crippen LogP contribution in [0.2, 0.25) is 0 Å². The first-order chi connectivity index (χ1) is 7.65. The van der Waals surface area contributed by atoms with Crippen molar-refractivity contribution in [2.24, 2.45) is 7.05 Å². The van der Waals surface area contributed by atoms with Gasteiger partial charge in [0.15, 0.2) is 5.16 Å². The molecule has 1 unspecified atom stereocenters.